The van der Waals surface area contributed by atoms with E-state index in [9.17, 15) is 9.59 Å². The van der Waals surface area contributed by atoms with Crippen molar-refractivity contribution in [3.8, 4) is 0 Å². The molecule has 0 aliphatic rings. The Morgan fingerprint density at radius 1 is 1.50 bits per heavy atom. The van der Waals surface area contributed by atoms with Gasteiger partial charge in [0.05, 0.1) is 10.4 Å². The molecule has 1 unspecified atom stereocenters. The number of hydrogen-bond acceptors (Lipinski definition) is 3. The molecule has 0 spiro atoms. The highest BCUT2D eigenvalue weighted by Gasteiger charge is 2.09. The van der Waals surface area contributed by atoms with Crippen molar-refractivity contribution < 1.29 is 14.7 Å². The van der Waals surface area contributed by atoms with E-state index in [2.05, 4.69) is 5.32 Å². The van der Waals surface area contributed by atoms with Gasteiger partial charge in [-0.15, -0.1) is 11.3 Å². The van der Waals surface area contributed by atoms with E-state index in [1.54, 1.807) is 13.0 Å². The van der Waals surface area contributed by atoms with Crippen molar-refractivity contribution in [3.05, 3.63) is 33.5 Å². The molecule has 4 nitrogen and oxygen atoms in total. The van der Waals surface area contributed by atoms with Crippen LogP contribution in [0.1, 0.15) is 17.8 Å². The van der Waals surface area contributed by atoms with Crippen LogP contribution in [0.25, 0.3) is 0 Å². The number of carboxylic acid groups (broad SMARTS) is 1. The van der Waals surface area contributed by atoms with Gasteiger partial charge in [-0.2, -0.15) is 0 Å². The number of carboxylic acids is 1. The van der Waals surface area contributed by atoms with Crippen LogP contribution in [0.3, 0.4) is 0 Å². The Morgan fingerprint density at radius 3 is 2.69 bits per heavy atom. The molecule has 1 aromatic rings. The molecular formula is C10H10ClNO3S. The smallest absolute Gasteiger partial charge is 0.328 e. The highest BCUT2D eigenvalue weighted by Crippen LogP contribution is 2.26. The van der Waals surface area contributed by atoms with E-state index in [1.165, 1.54) is 11.3 Å². The van der Waals surface area contributed by atoms with Gasteiger partial charge in [0.25, 0.3) is 0 Å². The van der Waals surface area contributed by atoms with Crippen LogP contribution < -0.4 is 5.32 Å². The summed E-state index contributed by atoms with van der Waals surface area (Å²) in [5.74, 6) is -1.60. The first-order valence-corrected chi connectivity index (χ1v) is 5.65. The minimum absolute atomic E-state index is 0.191. The maximum atomic E-state index is 11.2. The van der Waals surface area contributed by atoms with Crippen LogP contribution in [0, 0.1) is 0 Å². The number of rotatable bonds is 4. The molecule has 0 radical (unpaired) electrons. The number of nitrogens with one attached hydrogen (secondary N) is 1. The summed E-state index contributed by atoms with van der Waals surface area (Å²) in [6, 6.07) is 3.37. The van der Waals surface area contributed by atoms with Gasteiger partial charge in [0, 0.05) is 17.0 Å². The van der Waals surface area contributed by atoms with Crippen LogP contribution in [0.2, 0.25) is 4.34 Å². The molecule has 1 aromatic heterocycles. The van der Waals surface area contributed by atoms with E-state index < -0.39 is 11.9 Å². The molecule has 1 amide bonds. The maximum Gasteiger partial charge on any atom is 0.328 e. The van der Waals surface area contributed by atoms with Crippen LogP contribution in [-0.2, 0) is 9.59 Å². The SMILES string of the molecule is CC(NC(=O)/C=C/C(=O)O)c1ccc(Cl)s1. The lowest BCUT2D eigenvalue weighted by atomic mass is 10.2. The van der Waals surface area contributed by atoms with Gasteiger partial charge in [-0.25, -0.2) is 4.79 Å². The second kappa shape index (κ2) is 5.67. The van der Waals surface area contributed by atoms with Gasteiger partial charge in [-0.3, -0.25) is 4.79 Å². The number of aliphatic carboxylic acids is 1. The zero-order chi connectivity index (χ0) is 12.1. The molecule has 0 aliphatic carbocycles. The molecule has 0 saturated heterocycles. The Hall–Kier alpha value is -1.33. The van der Waals surface area contributed by atoms with Gasteiger partial charge < -0.3 is 10.4 Å². The van der Waals surface area contributed by atoms with Crippen molar-refractivity contribution in [1.29, 1.82) is 0 Å². The predicted molar refractivity (Wildman–Crippen MR) is 62.7 cm³/mol. The van der Waals surface area contributed by atoms with Crippen molar-refractivity contribution in [2.75, 3.05) is 0 Å². The minimum Gasteiger partial charge on any atom is -0.478 e. The lowest BCUT2D eigenvalue weighted by Gasteiger charge is -2.09. The van der Waals surface area contributed by atoms with Crippen LogP contribution >= 0.6 is 22.9 Å². The maximum absolute atomic E-state index is 11.2. The molecule has 0 fully saturated rings. The second-order valence-electron chi connectivity index (χ2n) is 3.04. The Labute approximate surface area is 102 Å². The monoisotopic (exact) mass is 259 g/mol. The summed E-state index contributed by atoms with van der Waals surface area (Å²) in [5.41, 5.74) is 0. The summed E-state index contributed by atoms with van der Waals surface area (Å²) in [7, 11) is 0. The van der Waals surface area contributed by atoms with Crippen LogP contribution in [0.5, 0.6) is 0 Å². The molecular weight excluding hydrogens is 250 g/mol. The fraction of sp³-hybridized carbons (Fsp3) is 0.200. The normalized spacial score (nSPS) is 12.6. The van der Waals surface area contributed by atoms with E-state index in [0.717, 1.165) is 17.0 Å². The Morgan fingerprint density at radius 2 is 2.19 bits per heavy atom. The van der Waals surface area contributed by atoms with Crippen molar-refractivity contribution >= 4 is 34.8 Å². The largest absolute Gasteiger partial charge is 0.478 e. The van der Waals surface area contributed by atoms with Crippen molar-refractivity contribution in [3.63, 3.8) is 0 Å². The fourth-order valence-corrected chi connectivity index (χ4v) is 2.10. The van der Waals surface area contributed by atoms with Gasteiger partial charge in [-0.05, 0) is 19.1 Å². The number of amides is 1. The fourth-order valence-electron chi connectivity index (χ4n) is 1.04. The molecule has 0 aromatic carbocycles. The zero-order valence-electron chi connectivity index (χ0n) is 8.44. The lowest BCUT2D eigenvalue weighted by Crippen LogP contribution is -2.24. The average molecular weight is 260 g/mol. The number of carbonyl (C=O) groups excluding carboxylic acids is 1. The molecule has 1 rings (SSSR count). The number of thiophene rings is 1. The highest BCUT2D eigenvalue weighted by atomic mass is 35.5. The lowest BCUT2D eigenvalue weighted by molar-refractivity contribution is -0.131. The Kier molecular flexibility index (Phi) is 4.52. The molecule has 86 valence electrons. The first kappa shape index (κ1) is 12.7. The van der Waals surface area contributed by atoms with E-state index in [4.69, 9.17) is 16.7 Å². The first-order chi connectivity index (χ1) is 7.49. The molecule has 0 aliphatic heterocycles. The highest BCUT2D eigenvalue weighted by molar-refractivity contribution is 7.16. The van der Waals surface area contributed by atoms with E-state index in [-0.39, 0.29) is 6.04 Å². The number of halogens is 1. The third kappa shape index (κ3) is 4.04. The van der Waals surface area contributed by atoms with Crippen molar-refractivity contribution in [1.82, 2.24) is 5.32 Å². The van der Waals surface area contributed by atoms with Gasteiger partial charge in [0.15, 0.2) is 0 Å². The summed E-state index contributed by atoms with van der Waals surface area (Å²) in [6.45, 7) is 1.80. The van der Waals surface area contributed by atoms with Crippen LogP contribution in [0.4, 0.5) is 0 Å². The van der Waals surface area contributed by atoms with Crippen molar-refractivity contribution in [2.24, 2.45) is 0 Å². The summed E-state index contributed by atoms with van der Waals surface area (Å²) in [5, 5.41) is 11.0. The van der Waals surface area contributed by atoms with Crippen LogP contribution in [0.15, 0.2) is 24.3 Å². The van der Waals surface area contributed by atoms with Gasteiger partial charge in [0.1, 0.15) is 0 Å². The number of hydrogen-bond donors (Lipinski definition) is 2. The summed E-state index contributed by atoms with van der Waals surface area (Å²) in [6.07, 6.45) is 1.78. The Bertz CT molecular complexity index is 427. The summed E-state index contributed by atoms with van der Waals surface area (Å²) < 4.78 is 0.650. The third-order valence-corrected chi connectivity index (χ3v) is 3.17. The summed E-state index contributed by atoms with van der Waals surface area (Å²) >= 11 is 7.13. The quantitative estimate of drug-likeness (QED) is 0.815. The average Bonchev–Trinajstić information content (AvgIpc) is 2.62. The standard InChI is InChI=1S/C10H10ClNO3S/c1-6(7-2-3-8(11)16-7)12-9(13)4-5-10(14)15/h2-6H,1H3,(H,12,13)(H,14,15)/b5-4+. The topological polar surface area (TPSA) is 66.4 Å². The van der Waals surface area contributed by atoms with E-state index in [1.807, 2.05) is 6.07 Å². The Balaban J connectivity index is 2.55. The van der Waals surface area contributed by atoms with Gasteiger partial charge >= 0.3 is 5.97 Å². The molecule has 1 atom stereocenters. The van der Waals surface area contributed by atoms with Crippen LogP contribution in [-0.4, -0.2) is 17.0 Å². The summed E-state index contributed by atoms with van der Waals surface area (Å²) in [4.78, 5) is 22.3. The van der Waals surface area contributed by atoms with Gasteiger partial charge in [0.2, 0.25) is 5.91 Å². The first-order valence-electron chi connectivity index (χ1n) is 4.46. The van der Waals surface area contributed by atoms with Crippen molar-refractivity contribution in [2.45, 2.75) is 13.0 Å². The predicted octanol–water partition coefficient (Wildman–Crippen LogP) is 2.22. The molecule has 0 saturated carbocycles. The zero-order valence-corrected chi connectivity index (χ0v) is 10.0. The second-order valence-corrected chi connectivity index (χ2v) is 4.79. The van der Waals surface area contributed by atoms with E-state index >= 15 is 0 Å². The molecule has 1 heterocycles. The minimum atomic E-state index is -1.15. The number of carbonyl (C=O) groups is 2. The third-order valence-electron chi connectivity index (χ3n) is 1.76. The molecule has 0 bridgehead atoms. The molecule has 6 heteroatoms. The van der Waals surface area contributed by atoms with E-state index in [0.29, 0.717) is 4.34 Å². The molecule has 16 heavy (non-hydrogen) atoms. The van der Waals surface area contributed by atoms with Gasteiger partial charge in [-0.1, -0.05) is 11.6 Å². The molecule has 2 N–H and O–H groups in total.